The van der Waals surface area contributed by atoms with Crippen molar-refractivity contribution in [2.24, 2.45) is 0 Å². The number of nitrogens with zero attached hydrogens (tertiary/aromatic N) is 2. The third-order valence-corrected chi connectivity index (χ3v) is 6.05. The largest absolute Gasteiger partial charge is 0.491 e. The highest BCUT2D eigenvalue weighted by molar-refractivity contribution is 7.99. The molecule has 0 aliphatic heterocycles. The zero-order valence-corrected chi connectivity index (χ0v) is 18.6. The van der Waals surface area contributed by atoms with Crippen molar-refractivity contribution < 1.29 is 19.3 Å². The maximum absolute atomic E-state index is 11.2. The Kier molecular flexibility index (Phi) is 7.34. The topological polar surface area (TPSA) is 76.5 Å². The van der Waals surface area contributed by atoms with Crippen molar-refractivity contribution in [1.82, 2.24) is 0 Å². The number of nitro groups is 1. The van der Waals surface area contributed by atoms with Gasteiger partial charge in [-0.2, -0.15) is 0 Å². The molecular formula is C26H23N2O4S+. The molecule has 0 bridgehead atoms. The van der Waals surface area contributed by atoms with Gasteiger partial charge in [-0.15, -0.1) is 0 Å². The predicted octanol–water partition coefficient (Wildman–Crippen LogP) is 5.14. The van der Waals surface area contributed by atoms with Crippen molar-refractivity contribution in [3.8, 4) is 16.9 Å². The molecule has 0 spiro atoms. The van der Waals surface area contributed by atoms with Crippen LogP contribution in [0.1, 0.15) is 0 Å². The molecule has 7 heteroatoms. The summed E-state index contributed by atoms with van der Waals surface area (Å²) in [5.74, 6) is 0.630. The molecule has 0 radical (unpaired) electrons. The first-order chi connectivity index (χ1) is 16.1. The maximum atomic E-state index is 11.2. The Labute approximate surface area is 196 Å². The lowest BCUT2D eigenvalue weighted by Crippen LogP contribution is -2.41. The predicted molar refractivity (Wildman–Crippen MR) is 127 cm³/mol. The van der Waals surface area contributed by atoms with Crippen LogP contribution in [-0.4, -0.2) is 22.7 Å². The Morgan fingerprint density at radius 1 is 0.879 bits per heavy atom. The first-order valence-corrected chi connectivity index (χ1v) is 11.3. The lowest BCUT2D eigenvalue weighted by molar-refractivity contribution is -0.703. The lowest BCUT2D eigenvalue weighted by Gasteiger charge is -2.11. The molecule has 4 rings (SSSR count). The Balaban J connectivity index is 1.29. The van der Waals surface area contributed by atoms with E-state index >= 15 is 0 Å². The second-order valence-corrected chi connectivity index (χ2v) is 8.53. The van der Waals surface area contributed by atoms with E-state index in [-0.39, 0.29) is 17.2 Å². The van der Waals surface area contributed by atoms with Gasteiger partial charge in [0.15, 0.2) is 18.9 Å². The molecule has 1 aromatic heterocycles. The average Bonchev–Trinajstić information content (AvgIpc) is 2.85. The minimum absolute atomic E-state index is 0.0836. The lowest BCUT2D eigenvalue weighted by atomic mass is 10.1. The van der Waals surface area contributed by atoms with E-state index < -0.39 is 6.10 Å². The van der Waals surface area contributed by atoms with Crippen LogP contribution in [-0.2, 0) is 6.54 Å². The molecule has 0 aliphatic rings. The maximum Gasteiger partial charge on any atom is 0.283 e. The smallest absolute Gasteiger partial charge is 0.283 e. The summed E-state index contributed by atoms with van der Waals surface area (Å²) in [5, 5.41) is 21.5. The summed E-state index contributed by atoms with van der Waals surface area (Å²) in [6, 6.07) is 28.1. The molecule has 166 valence electrons. The summed E-state index contributed by atoms with van der Waals surface area (Å²) in [7, 11) is 0. The van der Waals surface area contributed by atoms with Gasteiger partial charge in [0.1, 0.15) is 18.5 Å². The van der Waals surface area contributed by atoms with Gasteiger partial charge in [-0.1, -0.05) is 54.2 Å². The van der Waals surface area contributed by atoms with Crippen molar-refractivity contribution >= 4 is 17.4 Å². The highest BCUT2D eigenvalue weighted by Gasteiger charge is 2.14. The third-order valence-electron chi connectivity index (χ3n) is 4.98. The summed E-state index contributed by atoms with van der Waals surface area (Å²) >= 11 is 1.33. The molecule has 1 atom stereocenters. The number of nitro benzene ring substituents is 1. The van der Waals surface area contributed by atoms with Crippen LogP contribution in [0.3, 0.4) is 0 Å². The zero-order valence-electron chi connectivity index (χ0n) is 17.8. The number of benzene rings is 3. The van der Waals surface area contributed by atoms with Gasteiger partial charge in [-0.05, 0) is 41.5 Å². The molecule has 4 aromatic rings. The van der Waals surface area contributed by atoms with Crippen LogP contribution >= 0.6 is 11.8 Å². The van der Waals surface area contributed by atoms with Crippen LogP contribution in [0.5, 0.6) is 5.75 Å². The second-order valence-electron chi connectivity index (χ2n) is 7.41. The number of aliphatic hydroxyl groups excluding tert-OH is 1. The van der Waals surface area contributed by atoms with E-state index in [4.69, 9.17) is 4.74 Å². The number of pyridine rings is 1. The van der Waals surface area contributed by atoms with Crippen LogP contribution in [0.15, 0.2) is 113 Å². The van der Waals surface area contributed by atoms with Gasteiger partial charge in [-0.3, -0.25) is 10.1 Å². The Morgan fingerprint density at radius 3 is 2.21 bits per heavy atom. The molecule has 0 aliphatic carbocycles. The number of aliphatic hydroxyl groups is 1. The van der Waals surface area contributed by atoms with E-state index in [1.54, 1.807) is 30.3 Å². The first kappa shape index (κ1) is 22.5. The van der Waals surface area contributed by atoms with Crippen molar-refractivity contribution in [3.63, 3.8) is 0 Å². The van der Waals surface area contributed by atoms with Gasteiger partial charge < -0.3 is 9.84 Å². The first-order valence-electron chi connectivity index (χ1n) is 10.5. The van der Waals surface area contributed by atoms with Gasteiger partial charge in [0, 0.05) is 23.1 Å². The quantitative estimate of drug-likeness (QED) is 0.213. The molecule has 33 heavy (non-hydrogen) atoms. The van der Waals surface area contributed by atoms with Crippen molar-refractivity contribution in [3.05, 3.63) is 114 Å². The van der Waals surface area contributed by atoms with E-state index in [0.717, 1.165) is 16.0 Å². The third kappa shape index (κ3) is 6.19. The Bertz CT molecular complexity index is 1200. The number of rotatable bonds is 9. The van der Waals surface area contributed by atoms with Crippen LogP contribution in [0.4, 0.5) is 5.69 Å². The van der Waals surface area contributed by atoms with Gasteiger partial charge in [0.2, 0.25) is 0 Å². The van der Waals surface area contributed by atoms with E-state index in [9.17, 15) is 15.2 Å². The van der Waals surface area contributed by atoms with Crippen LogP contribution in [0.2, 0.25) is 0 Å². The highest BCUT2D eigenvalue weighted by atomic mass is 32.2. The van der Waals surface area contributed by atoms with E-state index in [0.29, 0.717) is 17.2 Å². The highest BCUT2D eigenvalue weighted by Crippen LogP contribution is 2.35. The Morgan fingerprint density at radius 2 is 1.52 bits per heavy atom. The molecule has 1 unspecified atom stereocenters. The van der Waals surface area contributed by atoms with Gasteiger partial charge in [0.25, 0.3) is 5.69 Å². The summed E-state index contributed by atoms with van der Waals surface area (Å²) < 4.78 is 7.64. The van der Waals surface area contributed by atoms with Gasteiger partial charge in [0.05, 0.1) is 9.82 Å². The fraction of sp³-hybridized carbons (Fsp3) is 0.115. The SMILES string of the molecule is O=[N+]([O-])c1ccccc1Sc1ccc(OCC(O)C[n+]2ccc(-c3ccccc3)cc2)cc1. The number of para-hydroxylation sites is 1. The standard InChI is InChI=1S/C26H23N2O4S/c29-22(18-27-16-14-21(15-17-27)20-6-2-1-3-7-20)19-32-23-10-12-24(13-11-23)33-26-9-5-4-8-25(26)28(30)31/h1-17,22,29H,18-19H2/q+1. The van der Waals surface area contributed by atoms with Crippen molar-refractivity contribution in [2.45, 2.75) is 22.4 Å². The van der Waals surface area contributed by atoms with E-state index in [2.05, 4.69) is 12.1 Å². The van der Waals surface area contributed by atoms with Crippen molar-refractivity contribution in [1.29, 1.82) is 0 Å². The number of hydrogen-bond acceptors (Lipinski definition) is 5. The fourth-order valence-electron chi connectivity index (χ4n) is 3.32. The molecule has 1 heterocycles. The molecule has 0 saturated carbocycles. The van der Waals surface area contributed by atoms with Crippen LogP contribution in [0.25, 0.3) is 11.1 Å². The summed E-state index contributed by atoms with van der Waals surface area (Å²) in [4.78, 5) is 12.2. The normalized spacial score (nSPS) is 11.7. The van der Waals surface area contributed by atoms with Crippen LogP contribution < -0.4 is 9.30 Å². The van der Waals surface area contributed by atoms with Crippen molar-refractivity contribution in [2.75, 3.05) is 6.61 Å². The summed E-state index contributed by atoms with van der Waals surface area (Å²) in [6.45, 7) is 0.574. The molecule has 0 amide bonds. The fourth-order valence-corrected chi connectivity index (χ4v) is 4.24. The molecule has 3 aromatic carbocycles. The van der Waals surface area contributed by atoms with Crippen LogP contribution in [0, 0.1) is 10.1 Å². The monoisotopic (exact) mass is 459 g/mol. The van der Waals surface area contributed by atoms with Gasteiger partial charge in [-0.25, -0.2) is 4.57 Å². The number of aromatic nitrogens is 1. The molecule has 6 nitrogen and oxygen atoms in total. The number of hydrogen-bond donors (Lipinski definition) is 1. The Hall–Kier alpha value is -3.68. The minimum atomic E-state index is -0.668. The van der Waals surface area contributed by atoms with Gasteiger partial charge >= 0.3 is 0 Å². The summed E-state index contributed by atoms with van der Waals surface area (Å²) in [6.07, 6.45) is 3.22. The second kappa shape index (κ2) is 10.8. The summed E-state index contributed by atoms with van der Waals surface area (Å²) in [5.41, 5.74) is 2.36. The average molecular weight is 460 g/mol. The van der Waals surface area contributed by atoms with E-state index in [1.807, 2.05) is 59.4 Å². The zero-order chi connectivity index (χ0) is 23.0. The molecular weight excluding hydrogens is 436 g/mol. The molecule has 0 fully saturated rings. The molecule has 1 N–H and O–H groups in total. The number of ether oxygens (including phenoxy) is 1. The minimum Gasteiger partial charge on any atom is -0.491 e. The van der Waals surface area contributed by atoms with E-state index in [1.165, 1.54) is 17.8 Å². The molecule has 0 saturated heterocycles.